The maximum atomic E-state index is 13.1. The number of hydrogen-bond acceptors (Lipinski definition) is 4. The molecule has 0 aliphatic carbocycles. The van der Waals surface area contributed by atoms with E-state index in [0.717, 1.165) is 0 Å². The normalized spacial score (nSPS) is 13.6. The lowest BCUT2D eigenvalue weighted by Gasteiger charge is -2.27. The number of rotatable bonds is 0. The minimum atomic E-state index is -0.387. The first kappa shape index (κ1) is 17.6. The first-order chi connectivity index (χ1) is 10.2. The molecule has 2 heterocycles. The molecule has 0 amide bonds. The van der Waals surface area contributed by atoms with Crippen LogP contribution in [0, 0.1) is 0 Å². The molecule has 23 heavy (non-hydrogen) atoms. The Bertz CT molecular complexity index is 799. The fourth-order valence-electron chi connectivity index (χ4n) is 2.45. The second-order valence-electron chi connectivity index (χ2n) is 9.17. The first-order valence-electron chi connectivity index (χ1n) is 8.04. The van der Waals surface area contributed by atoms with Crippen LogP contribution in [0.5, 0.6) is 0 Å². The summed E-state index contributed by atoms with van der Waals surface area (Å²) in [5.41, 5.74) is 0.842. The minimum Gasteiger partial charge on any atom is -0.284 e. The van der Waals surface area contributed by atoms with Crippen molar-refractivity contribution in [2.75, 3.05) is 0 Å². The second-order valence-corrected chi connectivity index (χ2v) is 9.17. The predicted molar refractivity (Wildman–Crippen MR) is 94.0 cm³/mol. The Morgan fingerprint density at radius 3 is 1.87 bits per heavy atom. The van der Waals surface area contributed by atoms with Gasteiger partial charge in [0.15, 0.2) is 5.65 Å². The maximum absolute atomic E-state index is 13.1. The van der Waals surface area contributed by atoms with Gasteiger partial charge in [0.05, 0.1) is 6.20 Å². The van der Waals surface area contributed by atoms with Crippen molar-refractivity contribution in [1.29, 1.82) is 0 Å². The molecule has 0 spiro atoms. The van der Waals surface area contributed by atoms with Gasteiger partial charge in [0.2, 0.25) is 0 Å². The van der Waals surface area contributed by atoms with Gasteiger partial charge in [0.25, 0.3) is 5.56 Å². The van der Waals surface area contributed by atoms with Crippen molar-refractivity contribution in [2.45, 2.75) is 78.7 Å². The lowest BCUT2D eigenvalue weighted by atomic mass is 9.91. The highest BCUT2D eigenvalue weighted by Gasteiger charge is 2.28. The van der Waals surface area contributed by atoms with Crippen molar-refractivity contribution < 1.29 is 0 Å². The predicted octanol–water partition coefficient (Wildman–Crippen LogP) is 3.54. The molecule has 0 aliphatic heterocycles. The van der Waals surface area contributed by atoms with Crippen molar-refractivity contribution in [1.82, 2.24) is 19.5 Å². The van der Waals surface area contributed by atoms with Gasteiger partial charge < -0.3 is 0 Å². The molecule has 0 radical (unpaired) electrons. The molecule has 2 aromatic rings. The van der Waals surface area contributed by atoms with Gasteiger partial charge in [-0.3, -0.25) is 9.36 Å². The van der Waals surface area contributed by atoms with E-state index in [2.05, 4.69) is 35.7 Å². The van der Waals surface area contributed by atoms with Crippen molar-refractivity contribution in [2.24, 2.45) is 0 Å². The molecule has 0 N–H and O–H groups in total. The van der Waals surface area contributed by atoms with Crippen LogP contribution in [0.1, 0.15) is 73.8 Å². The van der Waals surface area contributed by atoms with Crippen LogP contribution in [-0.2, 0) is 16.4 Å². The Hall–Kier alpha value is -1.78. The highest BCUT2D eigenvalue weighted by molar-refractivity contribution is 5.69. The molecule has 126 valence electrons. The van der Waals surface area contributed by atoms with Crippen LogP contribution >= 0.6 is 0 Å². The summed E-state index contributed by atoms with van der Waals surface area (Å²) in [6, 6.07) is 0. The molecule has 0 fully saturated rings. The Morgan fingerprint density at radius 1 is 0.870 bits per heavy atom. The Balaban J connectivity index is 2.98. The van der Waals surface area contributed by atoms with E-state index in [0.29, 0.717) is 22.7 Å². The van der Waals surface area contributed by atoms with Gasteiger partial charge in [0, 0.05) is 16.4 Å². The lowest BCUT2D eigenvalue weighted by Crippen LogP contribution is -2.40. The molecule has 5 heteroatoms. The quantitative estimate of drug-likeness (QED) is 0.746. The van der Waals surface area contributed by atoms with E-state index >= 15 is 0 Å². The molecule has 0 saturated carbocycles. The second kappa shape index (κ2) is 5.11. The lowest BCUT2D eigenvalue weighted by molar-refractivity contribution is 0.385. The monoisotopic (exact) mass is 316 g/mol. The van der Waals surface area contributed by atoms with Crippen molar-refractivity contribution >= 4 is 11.2 Å². The largest absolute Gasteiger partial charge is 0.284 e. The summed E-state index contributed by atoms with van der Waals surface area (Å²) in [5.74, 6) is 0.715. The van der Waals surface area contributed by atoms with E-state index < -0.39 is 0 Å². The van der Waals surface area contributed by atoms with Crippen molar-refractivity contribution in [3.8, 4) is 0 Å². The third-order valence-corrected chi connectivity index (χ3v) is 3.65. The fourth-order valence-corrected chi connectivity index (χ4v) is 2.45. The van der Waals surface area contributed by atoms with E-state index in [1.807, 2.05) is 41.5 Å². The highest BCUT2D eigenvalue weighted by Crippen LogP contribution is 2.25. The van der Waals surface area contributed by atoms with Crippen LogP contribution < -0.4 is 5.56 Å². The minimum absolute atomic E-state index is 0.0731. The van der Waals surface area contributed by atoms with Gasteiger partial charge in [0.1, 0.15) is 17.0 Å². The SMILES string of the molecule is CC(C)(C)c1ncc2nc(C(C)(C)C)c(=O)n(C(C)(C)C)c2n1. The molecule has 0 atom stereocenters. The Labute approximate surface area is 138 Å². The molecule has 2 aromatic heterocycles. The molecule has 0 bridgehead atoms. The zero-order chi connectivity index (χ0) is 17.8. The van der Waals surface area contributed by atoms with Crippen molar-refractivity contribution in [3.05, 3.63) is 28.1 Å². The number of fused-ring (bicyclic) bond motifs is 1. The average molecular weight is 316 g/mol. The number of nitrogens with zero attached hydrogens (tertiary/aromatic N) is 4. The number of aromatic nitrogens is 4. The van der Waals surface area contributed by atoms with E-state index in [-0.39, 0.29) is 21.9 Å². The van der Waals surface area contributed by atoms with E-state index in [9.17, 15) is 4.79 Å². The number of hydrogen-bond donors (Lipinski definition) is 0. The summed E-state index contributed by atoms with van der Waals surface area (Å²) in [6.07, 6.45) is 1.74. The summed E-state index contributed by atoms with van der Waals surface area (Å²) in [5, 5.41) is 0. The molecule has 0 aromatic carbocycles. The Morgan fingerprint density at radius 2 is 1.43 bits per heavy atom. The van der Waals surface area contributed by atoms with Crippen LogP contribution in [0.2, 0.25) is 0 Å². The molecular weight excluding hydrogens is 288 g/mol. The zero-order valence-corrected chi connectivity index (χ0v) is 15.8. The summed E-state index contributed by atoms with van der Waals surface area (Å²) in [7, 11) is 0. The topological polar surface area (TPSA) is 60.7 Å². The molecule has 5 nitrogen and oxygen atoms in total. The summed E-state index contributed by atoms with van der Waals surface area (Å²) in [6.45, 7) is 18.2. The molecule has 0 aliphatic rings. The van der Waals surface area contributed by atoms with Crippen LogP contribution in [0.25, 0.3) is 11.2 Å². The maximum Gasteiger partial charge on any atom is 0.274 e. The van der Waals surface area contributed by atoms with Gasteiger partial charge in [-0.1, -0.05) is 41.5 Å². The van der Waals surface area contributed by atoms with Gasteiger partial charge in [-0.25, -0.2) is 15.0 Å². The van der Waals surface area contributed by atoms with Crippen molar-refractivity contribution in [3.63, 3.8) is 0 Å². The summed E-state index contributed by atoms with van der Waals surface area (Å²) < 4.78 is 1.76. The molecule has 0 unspecified atom stereocenters. The summed E-state index contributed by atoms with van der Waals surface area (Å²) >= 11 is 0. The average Bonchev–Trinajstić information content (AvgIpc) is 2.33. The standard InChI is InChI=1S/C18H28N4O/c1-16(2,3)12-14(23)22(18(7,8)9)13-11(20-12)10-19-15(21-13)17(4,5)6/h10H,1-9H3. The third kappa shape index (κ3) is 3.28. The third-order valence-electron chi connectivity index (χ3n) is 3.65. The molecule has 0 saturated heterocycles. The summed E-state index contributed by atoms with van der Waals surface area (Å²) in [4.78, 5) is 26.8. The fraction of sp³-hybridized carbons (Fsp3) is 0.667. The van der Waals surface area contributed by atoms with Crippen LogP contribution in [0.15, 0.2) is 11.0 Å². The first-order valence-corrected chi connectivity index (χ1v) is 8.04. The van der Waals surface area contributed by atoms with Gasteiger partial charge in [-0.05, 0) is 20.8 Å². The van der Waals surface area contributed by atoms with E-state index in [1.54, 1.807) is 10.8 Å². The Kier molecular flexibility index (Phi) is 3.91. The van der Waals surface area contributed by atoms with Gasteiger partial charge in [-0.2, -0.15) is 0 Å². The smallest absolute Gasteiger partial charge is 0.274 e. The van der Waals surface area contributed by atoms with Crippen LogP contribution in [0.4, 0.5) is 0 Å². The van der Waals surface area contributed by atoms with E-state index in [4.69, 9.17) is 0 Å². The van der Waals surface area contributed by atoms with Crippen LogP contribution in [-0.4, -0.2) is 19.5 Å². The van der Waals surface area contributed by atoms with Crippen LogP contribution in [0.3, 0.4) is 0 Å². The van der Waals surface area contributed by atoms with E-state index in [1.165, 1.54) is 0 Å². The zero-order valence-electron chi connectivity index (χ0n) is 15.8. The molecule has 2 rings (SSSR count). The van der Waals surface area contributed by atoms with Gasteiger partial charge in [-0.15, -0.1) is 0 Å². The molecular formula is C18H28N4O. The highest BCUT2D eigenvalue weighted by atomic mass is 16.1. The van der Waals surface area contributed by atoms with Gasteiger partial charge >= 0.3 is 0 Å².